The lowest BCUT2D eigenvalue weighted by atomic mass is 10.2. The molecule has 0 aliphatic carbocycles. The Hall–Kier alpha value is -1.44. The number of nitrogens with one attached hydrogen (secondary N) is 1. The first-order valence-corrected chi connectivity index (χ1v) is 7.05. The van der Waals surface area contributed by atoms with Crippen molar-refractivity contribution in [3.05, 3.63) is 35.9 Å². The van der Waals surface area contributed by atoms with Gasteiger partial charge >= 0.3 is 5.97 Å². The molecule has 1 aromatic rings. The van der Waals surface area contributed by atoms with Gasteiger partial charge in [-0.25, -0.2) is 13.1 Å². The fraction of sp³-hybridized carbons (Fsp3) is 0.364. The standard InChI is InChI=1S/C11H16N2O4S/c12-10(11(14)15)6-7-18(16,17)13-8-9-4-2-1-3-5-9/h1-5,10,13H,6-8,12H2,(H,14,15)/t10-/m0/s1. The van der Waals surface area contributed by atoms with Gasteiger partial charge in [-0.05, 0) is 12.0 Å². The molecule has 0 amide bonds. The molecular weight excluding hydrogens is 256 g/mol. The predicted octanol–water partition coefficient (Wildman–Crippen LogP) is -0.0920. The molecule has 0 saturated carbocycles. The number of rotatable bonds is 7. The number of sulfonamides is 1. The lowest BCUT2D eigenvalue weighted by Crippen LogP contribution is -2.35. The van der Waals surface area contributed by atoms with Gasteiger partial charge in [0, 0.05) is 6.54 Å². The number of carboxylic acid groups (broad SMARTS) is 1. The summed E-state index contributed by atoms with van der Waals surface area (Å²) in [4.78, 5) is 10.5. The van der Waals surface area contributed by atoms with E-state index in [1.807, 2.05) is 18.2 Å². The van der Waals surface area contributed by atoms with E-state index < -0.39 is 22.0 Å². The lowest BCUT2D eigenvalue weighted by molar-refractivity contribution is -0.138. The summed E-state index contributed by atoms with van der Waals surface area (Å²) >= 11 is 0. The molecular formula is C11H16N2O4S. The van der Waals surface area contributed by atoms with Gasteiger partial charge in [-0.3, -0.25) is 4.79 Å². The summed E-state index contributed by atoms with van der Waals surface area (Å²) in [5.41, 5.74) is 6.08. The molecule has 0 fully saturated rings. The van der Waals surface area contributed by atoms with Crippen molar-refractivity contribution in [1.29, 1.82) is 0 Å². The first-order valence-electron chi connectivity index (χ1n) is 5.40. The summed E-state index contributed by atoms with van der Waals surface area (Å²) in [6.07, 6.45) is -0.112. The summed E-state index contributed by atoms with van der Waals surface area (Å²) in [7, 11) is -3.50. The van der Waals surface area contributed by atoms with Gasteiger partial charge in [0.1, 0.15) is 6.04 Å². The van der Waals surface area contributed by atoms with E-state index in [1.54, 1.807) is 12.1 Å². The normalized spacial score (nSPS) is 13.2. The average molecular weight is 272 g/mol. The maximum absolute atomic E-state index is 11.6. The number of carboxylic acids is 1. The highest BCUT2D eigenvalue weighted by atomic mass is 32.2. The van der Waals surface area contributed by atoms with Crippen LogP contribution in [0.2, 0.25) is 0 Å². The van der Waals surface area contributed by atoms with E-state index in [0.29, 0.717) is 0 Å². The van der Waals surface area contributed by atoms with E-state index in [1.165, 1.54) is 0 Å². The van der Waals surface area contributed by atoms with Crippen LogP contribution in [0.15, 0.2) is 30.3 Å². The maximum Gasteiger partial charge on any atom is 0.320 e. The minimum absolute atomic E-state index is 0.112. The Balaban J connectivity index is 2.43. The zero-order valence-electron chi connectivity index (χ0n) is 9.74. The van der Waals surface area contributed by atoms with Gasteiger partial charge in [-0.2, -0.15) is 0 Å². The van der Waals surface area contributed by atoms with Crippen LogP contribution in [0.3, 0.4) is 0 Å². The van der Waals surface area contributed by atoms with Crippen LogP contribution in [-0.2, 0) is 21.4 Å². The second-order valence-electron chi connectivity index (χ2n) is 3.86. The first-order chi connectivity index (χ1) is 8.41. The fourth-order valence-electron chi connectivity index (χ4n) is 1.27. The Morgan fingerprint density at radius 3 is 2.50 bits per heavy atom. The Bertz CT molecular complexity index is 487. The van der Waals surface area contributed by atoms with Crippen molar-refractivity contribution in [2.45, 2.75) is 19.0 Å². The summed E-state index contributed by atoms with van der Waals surface area (Å²) < 4.78 is 25.5. The summed E-state index contributed by atoms with van der Waals surface area (Å²) in [5, 5.41) is 8.55. The summed E-state index contributed by atoms with van der Waals surface area (Å²) in [6, 6.07) is 7.90. The first kappa shape index (κ1) is 14.6. The number of hydrogen-bond acceptors (Lipinski definition) is 4. The molecule has 0 spiro atoms. The van der Waals surface area contributed by atoms with Crippen molar-refractivity contribution in [3.63, 3.8) is 0 Å². The van der Waals surface area contributed by atoms with Crippen molar-refractivity contribution in [2.75, 3.05) is 5.75 Å². The Labute approximate surface area is 106 Å². The smallest absolute Gasteiger partial charge is 0.320 e. The van der Waals surface area contributed by atoms with Gasteiger partial charge in [0.2, 0.25) is 10.0 Å². The minimum Gasteiger partial charge on any atom is -0.480 e. The van der Waals surface area contributed by atoms with E-state index >= 15 is 0 Å². The summed E-state index contributed by atoms with van der Waals surface area (Å²) in [6.45, 7) is 0.186. The number of hydrogen-bond donors (Lipinski definition) is 3. The van der Waals surface area contributed by atoms with E-state index in [9.17, 15) is 13.2 Å². The average Bonchev–Trinajstić information content (AvgIpc) is 2.35. The second kappa shape index (κ2) is 6.48. The molecule has 0 unspecified atom stereocenters. The lowest BCUT2D eigenvalue weighted by Gasteiger charge is -2.08. The zero-order valence-corrected chi connectivity index (χ0v) is 10.6. The Kier molecular flexibility index (Phi) is 5.26. The quantitative estimate of drug-likeness (QED) is 0.642. The van der Waals surface area contributed by atoms with Crippen LogP contribution in [0.25, 0.3) is 0 Å². The highest BCUT2D eigenvalue weighted by Crippen LogP contribution is 2.00. The van der Waals surface area contributed by atoms with E-state index in [-0.39, 0.29) is 18.7 Å². The topological polar surface area (TPSA) is 109 Å². The molecule has 1 rings (SSSR count). The van der Waals surface area contributed by atoms with Crippen LogP contribution in [0.5, 0.6) is 0 Å². The summed E-state index contributed by atoms with van der Waals surface area (Å²) in [5.74, 6) is -1.50. The number of benzene rings is 1. The molecule has 0 radical (unpaired) electrons. The minimum atomic E-state index is -3.50. The second-order valence-corrected chi connectivity index (χ2v) is 5.79. The van der Waals surface area contributed by atoms with Gasteiger partial charge < -0.3 is 10.8 Å². The predicted molar refractivity (Wildman–Crippen MR) is 67.3 cm³/mol. The van der Waals surface area contributed by atoms with Gasteiger partial charge in [0.15, 0.2) is 0 Å². The zero-order chi connectivity index (χ0) is 13.6. The van der Waals surface area contributed by atoms with E-state index in [4.69, 9.17) is 10.8 Å². The number of nitrogens with two attached hydrogens (primary N) is 1. The van der Waals surface area contributed by atoms with Crippen LogP contribution in [0.1, 0.15) is 12.0 Å². The molecule has 0 aromatic heterocycles. The van der Waals surface area contributed by atoms with Gasteiger partial charge in [0.05, 0.1) is 5.75 Å². The molecule has 0 aliphatic heterocycles. The maximum atomic E-state index is 11.6. The molecule has 1 aromatic carbocycles. The molecule has 0 saturated heterocycles. The third-order valence-corrected chi connectivity index (χ3v) is 3.71. The van der Waals surface area contributed by atoms with Gasteiger partial charge in [0.25, 0.3) is 0 Å². The molecule has 7 heteroatoms. The van der Waals surface area contributed by atoms with Crippen LogP contribution >= 0.6 is 0 Å². The third-order valence-electron chi connectivity index (χ3n) is 2.35. The van der Waals surface area contributed by atoms with E-state index in [2.05, 4.69) is 4.72 Å². The van der Waals surface area contributed by atoms with Gasteiger partial charge in [-0.1, -0.05) is 30.3 Å². The largest absolute Gasteiger partial charge is 0.480 e. The monoisotopic (exact) mass is 272 g/mol. The molecule has 0 bridgehead atoms. The molecule has 100 valence electrons. The van der Waals surface area contributed by atoms with Crippen molar-refractivity contribution >= 4 is 16.0 Å². The van der Waals surface area contributed by atoms with Crippen LogP contribution in [0.4, 0.5) is 0 Å². The fourth-order valence-corrected chi connectivity index (χ4v) is 2.36. The van der Waals surface area contributed by atoms with Crippen LogP contribution in [0, 0.1) is 0 Å². The number of aliphatic carboxylic acids is 1. The molecule has 1 atom stereocenters. The van der Waals surface area contributed by atoms with Crippen molar-refractivity contribution in [1.82, 2.24) is 4.72 Å². The van der Waals surface area contributed by atoms with Gasteiger partial charge in [-0.15, -0.1) is 0 Å². The van der Waals surface area contributed by atoms with E-state index in [0.717, 1.165) is 5.56 Å². The Morgan fingerprint density at radius 1 is 1.33 bits per heavy atom. The van der Waals surface area contributed by atoms with Crippen molar-refractivity contribution in [2.24, 2.45) is 5.73 Å². The molecule has 4 N–H and O–H groups in total. The van der Waals surface area contributed by atoms with Crippen LogP contribution < -0.4 is 10.5 Å². The molecule has 6 nitrogen and oxygen atoms in total. The SMILES string of the molecule is N[C@@H](CCS(=O)(=O)NCc1ccccc1)C(=O)O. The van der Waals surface area contributed by atoms with Crippen molar-refractivity contribution < 1.29 is 18.3 Å². The molecule has 0 heterocycles. The van der Waals surface area contributed by atoms with Crippen LogP contribution in [-0.4, -0.2) is 31.3 Å². The molecule has 18 heavy (non-hydrogen) atoms. The third kappa shape index (κ3) is 5.26. The highest BCUT2D eigenvalue weighted by molar-refractivity contribution is 7.89. The Morgan fingerprint density at radius 2 is 1.94 bits per heavy atom. The van der Waals surface area contributed by atoms with Crippen molar-refractivity contribution in [3.8, 4) is 0 Å². The molecule has 0 aliphatic rings. The number of carbonyl (C=O) groups is 1. The highest BCUT2D eigenvalue weighted by Gasteiger charge is 2.17.